The van der Waals surface area contributed by atoms with E-state index >= 15 is 0 Å². The van der Waals surface area contributed by atoms with Crippen LogP contribution in [-0.4, -0.2) is 35.1 Å². The molecule has 0 aliphatic rings. The topological polar surface area (TPSA) is 69.6 Å². The molecule has 1 rings (SSSR count). The molecule has 0 aromatic heterocycles. The average molecular weight is 292 g/mol. The summed E-state index contributed by atoms with van der Waals surface area (Å²) < 4.78 is 0. The van der Waals surface area contributed by atoms with Crippen molar-refractivity contribution in [2.45, 2.75) is 33.6 Å². The SMILES string of the molecule is CCCc1ccc(NC(=O)N(CC(=O)O)CC(C)C)cc1. The van der Waals surface area contributed by atoms with E-state index in [-0.39, 0.29) is 18.5 Å². The average Bonchev–Trinajstić information content (AvgIpc) is 2.39. The largest absolute Gasteiger partial charge is 0.480 e. The Morgan fingerprint density at radius 2 is 1.86 bits per heavy atom. The Morgan fingerprint density at radius 1 is 1.24 bits per heavy atom. The molecule has 0 spiro atoms. The monoisotopic (exact) mass is 292 g/mol. The van der Waals surface area contributed by atoms with Gasteiger partial charge in [0.1, 0.15) is 6.54 Å². The van der Waals surface area contributed by atoms with Gasteiger partial charge < -0.3 is 15.3 Å². The Balaban J connectivity index is 2.68. The summed E-state index contributed by atoms with van der Waals surface area (Å²) in [6, 6.07) is 7.26. The minimum Gasteiger partial charge on any atom is -0.480 e. The second-order valence-corrected chi connectivity index (χ2v) is 5.55. The highest BCUT2D eigenvalue weighted by Gasteiger charge is 2.17. The molecule has 0 saturated heterocycles. The maximum absolute atomic E-state index is 12.1. The summed E-state index contributed by atoms with van der Waals surface area (Å²) in [6.45, 7) is 6.12. The second kappa shape index (κ2) is 8.29. The van der Waals surface area contributed by atoms with Crippen molar-refractivity contribution in [1.29, 1.82) is 0 Å². The smallest absolute Gasteiger partial charge is 0.323 e. The third kappa shape index (κ3) is 6.29. The zero-order valence-electron chi connectivity index (χ0n) is 12.9. The lowest BCUT2D eigenvalue weighted by atomic mass is 10.1. The molecule has 1 aromatic carbocycles. The molecule has 116 valence electrons. The molecule has 0 atom stereocenters. The standard InChI is InChI=1S/C16H24N2O3/c1-4-5-13-6-8-14(9-7-13)17-16(21)18(10-12(2)3)11-15(19)20/h6-9,12H,4-5,10-11H2,1-3H3,(H,17,21)(H,19,20). The van der Waals surface area contributed by atoms with E-state index < -0.39 is 5.97 Å². The molecule has 0 bridgehead atoms. The molecule has 0 unspecified atom stereocenters. The van der Waals surface area contributed by atoms with Crippen LogP contribution in [0.2, 0.25) is 0 Å². The van der Waals surface area contributed by atoms with Crippen molar-refractivity contribution in [3.63, 3.8) is 0 Å². The fourth-order valence-electron chi connectivity index (χ4n) is 2.07. The van der Waals surface area contributed by atoms with Crippen molar-refractivity contribution < 1.29 is 14.7 Å². The lowest BCUT2D eigenvalue weighted by molar-refractivity contribution is -0.137. The molecule has 0 aliphatic carbocycles. The second-order valence-electron chi connectivity index (χ2n) is 5.55. The first-order chi connectivity index (χ1) is 9.92. The van der Waals surface area contributed by atoms with Crippen molar-refractivity contribution in [1.82, 2.24) is 4.90 Å². The Bertz CT molecular complexity index is 469. The number of hydrogen-bond acceptors (Lipinski definition) is 2. The predicted octanol–water partition coefficient (Wildman–Crippen LogP) is 3.21. The van der Waals surface area contributed by atoms with E-state index in [4.69, 9.17) is 5.11 Å². The van der Waals surface area contributed by atoms with Crippen LogP contribution < -0.4 is 5.32 Å². The van der Waals surface area contributed by atoms with Gasteiger partial charge in [0.25, 0.3) is 0 Å². The molecule has 5 nitrogen and oxygen atoms in total. The summed E-state index contributed by atoms with van der Waals surface area (Å²) in [5, 5.41) is 11.6. The zero-order chi connectivity index (χ0) is 15.8. The molecule has 2 N–H and O–H groups in total. The van der Waals surface area contributed by atoms with E-state index in [0.717, 1.165) is 12.8 Å². The molecule has 2 amide bonds. The van der Waals surface area contributed by atoms with E-state index in [9.17, 15) is 9.59 Å². The Kier molecular flexibility index (Phi) is 6.72. The van der Waals surface area contributed by atoms with Gasteiger partial charge in [-0.15, -0.1) is 0 Å². The van der Waals surface area contributed by atoms with E-state index in [1.165, 1.54) is 10.5 Å². The molecule has 0 heterocycles. The molecule has 0 saturated carbocycles. The van der Waals surface area contributed by atoms with Crippen LogP contribution in [0.3, 0.4) is 0 Å². The quantitative estimate of drug-likeness (QED) is 0.810. The Hall–Kier alpha value is -2.04. The Morgan fingerprint density at radius 3 is 2.33 bits per heavy atom. The van der Waals surface area contributed by atoms with Crippen LogP contribution in [0, 0.1) is 5.92 Å². The summed E-state index contributed by atoms with van der Waals surface area (Å²) in [5.41, 5.74) is 1.90. The number of benzene rings is 1. The first kappa shape index (κ1) is 17.0. The fraction of sp³-hybridized carbons (Fsp3) is 0.500. The van der Waals surface area contributed by atoms with Gasteiger partial charge in [-0.3, -0.25) is 4.79 Å². The highest BCUT2D eigenvalue weighted by atomic mass is 16.4. The first-order valence-electron chi connectivity index (χ1n) is 7.29. The number of anilines is 1. The summed E-state index contributed by atoms with van der Waals surface area (Å²) in [7, 11) is 0. The molecular weight excluding hydrogens is 268 g/mol. The number of amides is 2. The van der Waals surface area contributed by atoms with Crippen molar-refractivity contribution in [2.24, 2.45) is 5.92 Å². The third-order valence-corrected chi connectivity index (χ3v) is 2.94. The number of carbonyl (C=O) groups is 2. The zero-order valence-corrected chi connectivity index (χ0v) is 12.9. The van der Waals surface area contributed by atoms with Crippen molar-refractivity contribution >= 4 is 17.7 Å². The number of nitrogens with zero attached hydrogens (tertiary/aromatic N) is 1. The van der Waals surface area contributed by atoms with Gasteiger partial charge in [0, 0.05) is 12.2 Å². The van der Waals surface area contributed by atoms with Crippen molar-refractivity contribution in [3.8, 4) is 0 Å². The van der Waals surface area contributed by atoms with Crippen LogP contribution in [0.5, 0.6) is 0 Å². The molecule has 0 aliphatic heterocycles. The number of carboxylic acid groups (broad SMARTS) is 1. The van der Waals surface area contributed by atoms with E-state index in [2.05, 4.69) is 12.2 Å². The van der Waals surface area contributed by atoms with E-state index in [1.54, 1.807) is 0 Å². The van der Waals surface area contributed by atoms with Gasteiger partial charge in [-0.1, -0.05) is 39.3 Å². The van der Waals surface area contributed by atoms with Crippen LogP contribution in [0.4, 0.5) is 10.5 Å². The normalized spacial score (nSPS) is 10.5. The summed E-state index contributed by atoms with van der Waals surface area (Å²) >= 11 is 0. The molecule has 21 heavy (non-hydrogen) atoms. The van der Waals surface area contributed by atoms with Gasteiger partial charge in [-0.05, 0) is 30.0 Å². The van der Waals surface area contributed by atoms with Crippen LogP contribution in [0.15, 0.2) is 24.3 Å². The van der Waals surface area contributed by atoms with Gasteiger partial charge in [-0.2, -0.15) is 0 Å². The predicted molar refractivity (Wildman–Crippen MR) is 83.5 cm³/mol. The van der Waals surface area contributed by atoms with Gasteiger partial charge in [0.2, 0.25) is 0 Å². The minimum absolute atomic E-state index is 0.210. The maximum atomic E-state index is 12.1. The third-order valence-electron chi connectivity index (χ3n) is 2.94. The number of carbonyl (C=O) groups excluding carboxylic acids is 1. The van der Waals surface area contributed by atoms with Gasteiger partial charge in [0.15, 0.2) is 0 Å². The van der Waals surface area contributed by atoms with Crippen LogP contribution in [0.1, 0.15) is 32.8 Å². The van der Waals surface area contributed by atoms with Gasteiger partial charge in [-0.25, -0.2) is 4.79 Å². The van der Waals surface area contributed by atoms with Gasteiger partial charge >= 0.3 is 12.0 Å². The number of aryl methyl sites for hydroxylation is 1. The van der Waals surface area contributed by atoms with Crippen molar-refractivity contribution in [2.75, 3.05) is 18.4 Å². The minimum atomic E-state index is -1.01. The number of urea groups is 1. The number of nitrogens with one attached hydrogen (secondary N) is 1. The molecule has 0 radical (unpaired) electrons. The number of rotatable bonds is 7. The van der Waals surface area contributed by atoms with Crippen LogP contribution in [-0.2, 0) is 11.2 Å². The highest BCUT2D eigenvalue weighted by molar-refractivity contribution is 5.91. The lowest BCUT2D eigenvalue weighted by Crippen LogP contribution is -2.40. The molecule has 5 heteroatoms. The lowest BCUT2D eigenvalue weighted by Gasteiger charge is -2.23. The molecular formula is C16H24N2O3. The first-order valence-corrected chi connectivity index (χ1v) is 7.29. The van der Waals surface area contributed by atoms with E-state index in [0.29, 0.717) is 12.2 Å². The number of aliphatic carboxylic acids is 1. The summed E-state index contributed by atoms with van der Waals surface area (Å²) in [4.78, 5) is 24.3. The van der Waals surface area contributed by atoms with Crippen LogP contribution in [0.25, 0.3) is 0 Å². The summed E-state index contributed by atoms with van der Waals surface area (Å²) in [6.07, 6.45) is 2.08. The maximum Gasteiger partial charge on any atom is 0.323 e. The van der Waals surface area contributed by atoms with Gasteiger partial charge in [0.05, 0.1) is 0 Å². The highest BCUT2D eigenvalue weighted by Crippen LogP contribution is 2.12. The van der Waals surface area contributed by atoms with Crippen LogP contribution >= 0.6 is 0 Å². The number of hydrogen-bond donors (Lipinski definition) is 2. The fourth-order valence-corrected chi connectivity index (χ4v) is 2.07. The van der Waals surface area contributed by atoms with E-state index in [1.807, 2.05) is 38.1 Å². The Labute approximate surface area is 126 Å². The molecule has 0 fully saturated rings. The summed E-state index contributed by atoms with van der Waals surface area (Å²) in [5.74, 6) is -0.800. The number of carboxylic acids is 1. The van der Waals surface area contributed by atoms with Crippen molar-refractivity contribution in [3.05, 3.63) is 29.8 Å². The molecule has 1 aromatic rings.